The molecule has 2 aromatic heterocycles. The van der Waals surface area contributed by atoms with Crippen molar-refractivity contribution in [1.82, 2.24) is 29.8 Å². The number of rotatable bonds is 2. The number of carbonyl (C=O) groups is 1. The lowest BCUT2D eigenvalue weighted by Crippen LogP contribution is -2.51. The Hall–Kier alpha value is -1.64. The van der Waals surface area contributed by atoms with E-state index in [0.717, 1.165) is 57.2 Å². The Bertz CT molecular complexity index is 724. The molecule has 10 heteroatoms. The van der Waals surface area contributed by atoms with E-state index >= 15 is 0 Å². The van der Waals surface area contributed by atoms with Crippen molar-refractivity contribution in [2.24, 2.45) is 5.92 Å². The molecule has 2 fully saturated rings. The Morgan fingerprint density at radius 2 is 2.00 bits per heavy atom. The number of hydrogen-bond acceptors (Lipinski definition) is 6. The van der Waals surface area contributed by atoms with Gasteiger partial charge in [0, 0.05) is 44.5 Å². The van der Waals surface area contributed by atoms with Crippen LogP contribution in [0.4, 0.5) is 5.82 Å². The highest BCUT2D eigenvalue weighted by Gasteiger charge is 2.30. The second-order valence-electron chi connectivity index (χ2n) is 6.23. The van der Waals surface area contributed by atoms with Crippen LogP contribution in [0.25, 0.3) is 5.78 Å². The number of piperazine rings is 1. The number of amides is 1. The van der Waals surface area contributed by atoms with Gasteiger partial charge in [0.1, 0.15) is 12.1 Å². The second-order valence-corrected chi connectivity index (χ2v) is 6.23. The van der Waals surface area contributed by atoms with Gasteiger partial charge in [-0.1, -0.05) is 0 Å². The van der Waals surface area contributed by atoms with Gasteiger partial charge in [-0.2, -0.15) is 14.6 Å². The number of carbonyl (C=O) groups excluding carboxylic acids is 1. The first-order valence-electron chi connectivity index (χ1n) is 8.14. The summed E-state index contributed by atoms with van der Waals surface area (Å²) in [6, 6.07) is 2.03. The Labute approximate surface area is 158 Å². The minimum atomic E-state index is 0. The molecule has 0 radical (unpaired) electrons. The number of anilines is 1. The Kier molecular flexibility index (Phi) is 6.42. The summed E-state index contributed by atoms with van der Waals surface area (Å²) in [6.45, 7) is 6.87. The topological polar surface area (TPSA) is 78.7 Å². The van der Waals surface area contributed by atoms with E-state index in [1.165, 1.54) is 6.33 Å². The third-order valence-electron chi connectivity index (χ3n) is 4.69. The van der Waals surface area contributed by atoms with Crippen molar-refractivity contribution in [2.75, 3.05) is 44.2 Å². The van der Waals surface area contributed by atoms with Crippen molar-refractivity contribution < 1.29 is 4.79 Å². The zero-order valence-electron chi connectivity index (χ0n) is 14.1. The quantitative estimate of drug-likeness (QED) is 0.809. The van der Waals surface area contributed by atoms with Gasteiger partial charge < -0.3 is 15.1 Å². The summed E-state index contributed by atoms with van der Waals surface area (Å²) < 4.78 is 1.77. The first kappa shape index (κ1) is 19.7. The van der Waals surface area contributed by atoms with Gasteiger partial charge in [0.25, 0.3) is 5.78 Å². The van der Waals surface area contributed by atoms with Gasteiger partial charge in [-0.05, 0) is 19.9 Å². The van der Waals surface area contributed by atoms with Crippen LogP contribution in [0.3, 0.4) is 0 Å². The maximum absolute atomic E-state index is 12.5. The van der Waals surface area contributed by atoms with Crippen LogP contribution in [0, 0.1) is 12.8 Å². The van der Waals surface area contributed by atoms with Crippen molar-refractivity contribution in [3.8, 4) is 0 Å². The van der Waals surface area contributed by atoms with Crippen molar-refractivity contribution in [1.29, 1.82) is 0 Å². The number of nitrogens with one attached hydrogen (secondary N) is 1. The van der Waals surface area contributed by atoms with Crippen LogP contribution in [0.5, 0.6) is 0 Å². The van der Waals surface area contributed by atoms with Crippen molar-refractivity contribution in [2.45, 2.75) is 13.3 Å². The fraction of sp³-hybridized carbons (Fsp3) is 0.600. The maximum Gasteiger partial charge on any atom is 0.254 e. The average molecular weight is 388 g/mol. The molecule has 0 saturated carbocycles. The Balaban J connectivity index is 0.00000113. The van der Waals surface area contributed by atoms with E-state index in [0.29, 0.717) is 11.7 Å². The summed E-state index contributed by atoms with van der Waals surface area (Å²) in [5.41, 5.74) is 0.927. The van der Waals surface area contributed by atoms with Crippen molar-refractivity contribution >= 4 is 42.3 Å². The van der Waals surface area contributed by atoms with Crippen LogP contribution < -0.4 is 10.2 Å². The molecule has 2 saturated heterocycles. The van der Waals surface area contributed by atoms with Crippen LogP contribution >= 0.6 is 24.8 Å². The van der Waals surface area contributed by atoms with E-state index in [1.54, 1.807) is 4.52 Å². The zero-order chi connectivity index (χ0) is 15.8. The molecule has 25 heavy (non-hydrogen) atoms. The standard InChI is InChI=1S/C15H21N7O.2ClH/c1-11-8-13(22-15(19-11)17-10-18-22)20-4-6-21(7-5-20)14(23)12-2-3-16-9-12;;/h8,10,12,16H,2-7,9H2,1H3;2*1H. The molecule has 0 aliphatic carbocycles. The Morgan fingerprint density at radius 3 is 2.68 bits per heavy atom. The minimum absolute atomic E-state index is 0. The fourth-order valence-electron chi connectivity index (χ4n) is 3.42. The van der Waals surface area contributed by atoms with Crippen LogP contribution in [-0.2, 0) is 4.79 Å². The predicted octanol–water partition coefficient (Wildman–Crippen LogP) is 0.534. The van der Waals surface area contributed by atoms with Gasteiger partial charge in [-0.15, -0.1) is 24.8 Å². The third kappa shape index (κ3) is 3.80. The van der Waals surface area contributed by atoms with E-state index in [9.17, 15) is 4.79 Å². The van der Waals surface area contributed by atoms with E-state index in [2.05, 4.69) is 25.3 Å². The maximum atomic E-state index is 12.5. The highest BCUT2D eigenvalue weighted by atomic mass is 35.5. The molecule has 2 aromatic rings. The lowest BCUT2D eigenvalue weighted by molar-refractivity contribution is -0.135. The summed E-state index contributed by atoms with van der Waals surface area (Å²) in [7, 11) is 0. The molecule has 1 N–H and O–H groups in total. The summed E-state index contributed by atoms with van der Waals surface area (Å²) in [5.74, 6) is 2.08. The van der Waals surface area contributed by atoms with Gasteiger partial charge in [-0.3, -0.25) is 4.79 Å². The molecule has 138 valence electrons. The SMILES string of the molecule is Cc1cc(N2CCN(C(=O)C3CCNC3)CC2)n2ncnc2n1.Cl.Cl. The molecule has 0 aromatic carbocycles. The Morgan fingerprint density at radius 1 is 1.24 bits per heavy atom. The van der Waals surface area contributed by atoms with Gasteiger partial charge in [-0.25, -0.2) is 4.98 Å². The molecular weight excluding hydrogens is 365 g/mol. The van der Waals surface area contributed by atoms with Gasteiger partial charge in [0.15, 0.2) is 0 Å². The van der Waals surface area contributed by atoms with Gasteiger partial charge in [0.2, 0.25) is 5.91 Å². The first-order valence-corrected chi connectivity index (χ1v) is 8.14. The molecule has 1 atom stereocenters. The molecule has 8 nitrogen and oxygen atoms in total. The molecule has 2 aliphatic heterocycles. The van der Waals surface area contributed by atoms with Gasteiger partial charge >= 0.3 is 0 Å². The van der Waals surface area contributed by atoms with Gasteiger partial charge in [0.05, 0.1) is 5.92 Å². The van der Waals surface area contributed by atoms with E-state index in [1.807, 2.05) is 17.9 Å². The molecule has 1 amide bonds. The number of halogens is 2. The predicted molar refractivity (Wildman–Crippen MR) is 99.8 cm³/mol. The molecular formula is C15H23Cl2N7O. The molecule has 4 heterocycles. The van der Waals surface area contributed by atoms with Crippen molar-refractivity contribution in [3.63, 3.8) is 0 Å². The summed E-state index contributed by atoms with van der Waals surface area (Å²) in [4.78, 5) is 25.3. The van der Waals surface area contributed by atoms with Crippen LogP contribution in [0.1, 0.15) is 12.1 Å². The van der Waals surface area contributed by atoms with Crippen LogP contribution in [0.15, 0.2) is 12.4 Å². The monoisotopic (exact) mass is 387 g/mol. The van der Waals surface area contributed by atoms with Crippen LogP contribution in [-0.4, -0.2) is 69.7 Å². The third-order valence-corrected chi connectivity index (χ3v) is 4.69. The highest BCUT2D eigenvalue weighted by Crippen LogP contribution is 2.19. The zero-order valence-corrected chi connectivity index (χ0v) is 15.7. The van der Waals surface area contributed by atoms with E-state index in [4.69, 9.17) is 0 Å². The summed E-state index contributed by atoms with van der Waals surface area (Å²) in [6.07, 6.45) is 2.49. The number of aryl methyl sites for hydroxylation is 1. The largest absolute Gasteiger partial charge is 0.353 e. The molecule has 1 unspecified atom stereocenters. The highest BCUT2D eigenvalue weighted by molar-refractivity contribution is 5.85. The first-order chi connectivity index (χ1) is 11.2. The summed E-state index contributed by atoms with van der Waals surface area (Å²) >= 11 is 0. The number of hydrogen-bond donors (Lipinski definition) is 1. The smallest absolute Gasteiger partial charge is 0.254 e. The molecule has 0 bridgehead atoms. The molecule has 2 aliphatic rings. The number of fused-ring (bicyclic) bond motifs is 1. The average Bonchev–Trinajstić information content (AvgIpc) is 3.25. The molecule has 4 rings (SSSR count). The fourth-order valence-corrected chi connectivity index (χ4v) is 3.42. The number of nitrogens with zero attached hydrogens (tertiary/aromatic N) is 6. The number of aromatic nitrogens is 4. The van der Waals surface area contributed by atoms with E-state index < -0.39 is 0 Å². The summed E-state index contributed by atoms with van der Waals surface area (Å²) in [5, 5.41) is 7.53. The lowest BCUT2D eigenvalue weighted by Gasteiger charge is -2.37. The second kappa shape index (κ2) is 8.16. The van der Waals surface area contributed by atoms with Crippen molar-refractivity contribution in [3.05, 3.63) is 18.1 Å². The lowest BCUT2D eigenvalue weighted by atomic mass is 10.1. The molecule has 0 spiro atoms. The minimum Gasteiger partial charge on any atom is -0.353 e. The van der Waals surface area contributed by atoms with E-state index in [-0.39, 0.29) is 30.7 Å². The normalized spacial score (nSPS) is 20.3. The van der Waals surface area contributed by atoms with Crippen LogP contribution in [0.2, 0.25) is 0 Å².